The molecule has 0 heterocycles. The summed E-state index contributed by atoms with van der Waals surface area (Å²) in [7, 11) is 0. The van der Waals surface area contributed by atoms with Gasteiger partial charge in [0.25, 0.3) is 5.91 Å². The topological polar surface area (TPSA) is 49.4 Å². The van der Waals surface area contributed by atoms with Crippen LogP contribution in [0.25, 0.3) is 0 Å². The number of hydrogen-bond acceptors (Lipinski definition) is 2. The molecule has 126 valence electrons. The van der Waals surface area contributed by atoms with Crippen molar-refractivity contribution in [2.24, 2.45) is 0 Å². The second kappa shape index (κ2) is 8.18. The second-order valence-electron chi connectivity index (χ2n) is 5.34. The van der Waals surface area contributed by atoms with Crippen LogP contribution < -0.4 is 10.2 Å². The first-order chi connectivity index (χ1) is 11.4. The molecule has 4 nitrogen and oxygen atoms in total. The third-order valence-electron chi connectivity index (χ3n) is 3.59. The second-order valence-corrected chi connectivity index (χ2v) is 6.18. The van der Waals surface area contributed by atoms with Crippen LogP contribution in [0, 0.1) is 6.92 Å². The molecule has 0 spiro atoms. The van der Waals surface area contributed by atoms with Crippen LogP contribution in [0.15, 0.2) is 42.5 Å². The third-order valence-corrected chi connectivity index (χ3v) is 4.13. The summed E-state index contributed by atoms with van der Waals surface area (Å²) in [6, 6.07) is 12.3. The van der Waals surface area contributed by atoms with Crippen molar-refractivity contribution in [1.29, 1.82) is 0 Å². The SMILES string of the molecule is CC(=O)N(CCNC(=O)c1ccccc1C)c1ccc(Cl)cc1Cl. The maximum atomic E-state index is 12.2. The van der Waals surface area contributed by atoms with E-state index in [1.54, 1.807) is 24.3 Å². The van der Waals surface area contributed by atoms with E-state index in [-0.39, 0.29) is 11.8 Å². The van der Waals surface area contributed by atoms with Gasteiger partial charge in [-0.25, -0.2) is 0 Å². The maximum absolute atomic E-state index is 12.2. The standard InChI is InChI=1S/C18H18Cl2N2O2/c1-12-5-3-4-6-15(12)18(24)21-9-10-22(13(2)23)17-8-7-14(19)11-16(17)20/h3-8,11H,9-10H2,1-2H3,(H,21,24). The van der Waals surface area contributed by atoms with Gasteiger partial charge in [-0.05, 0) is 36.8 Å². The van der Waals surface area contributed by atoms with Gasteiger partial charge in [-0.15, -0.1) is 0 Å². The Bertz CT molecular complexity index is 762. The Labute approximate surface area is 151 Å². The highest BCUT2D eigenvalue weighted by atomic mass is 35.5. The van der Waals surface area contributed by atoms with Crippen LogP contribution in [0.3, 0.4) is 0 Å². The Morgan fingerprint density at radius 3 is 2.46 bits per heavy atom. The van der Waals surface area contributed by atoms with E-state index in [0.717, 1.165) is 5.56 Å². The summed E-state index contributed by atoms with van der Waals surface area (Å²) in [6.45, 7) is 3.96. The zero-order valence-electron chi connectivity index (χ0n) is 13.5. The molecule has 6 heteroatoms. The van der Waals surface area contributed by atoms with Gasteiger partial charge in [-0.1, -0.05) is 41.4 Å². The van der Waals surface area contributed by atoms with Gasteiger partial charge < -0.3 is 10.2 Å². The molecule has 0 atom stereocenters. The number of hydrogen-bond donors (Lipinski definition) is 1. The van der Waals surface area contributed by atoms with Crippen LogP contribution in [0.5, 0.6) is 0 Å². The van der Waals surface area contributed by atoms with E-state index in [0.29, 0.717) is 34.4 Å². The van der Waals surface area contributed by atoms with Gasteiger partial charge >= 0.3 is 0 Å². The van der Waals surface area contributed by atoms with Gasteiger partial charge in [0.05, 0.1) is 10.7 Å². The number of benzene rings is 2. The molecule has 2 amide bonds. The average molecular weight is 365 g/mol. The molecule has 0 aliphatic heterocycles. The fourth-order valence-electron chi connectivity index (χ4n) is 2.35. The van der Waals surface area contributed by atoms with Gasteiger partial charge in [0, 0.05) is 30.6 Å². The summed E-state index contributed by atoms with van der Waals surface area (Å²) in [5, 5.41) is 3.72. The molecule has 2 aromatic carbocycles. The van der Waals surface area contributed by atoms with Crippen LogP contribution in [-0.4, -0.2) is 24.9 Å². The van der Waals surface area contributed by atoms with Crippen molar-refractivity contribution in [2.75, 3.05) is 18.0 Å². The minimum atomic E-state index is -0.168. The van der Waals surface area contributed by atoms with Crippen molar-refractivity contribution in [3.05, 3.63) is 63.6 Å². The summed E-state index contributed by atoms with van der Waals surface area (Å²) < 4.78 is 0. The number of rotatable bonds is 5. The van der Waals surface area contributed by atoms with Crippen molar-refractivity contribution in [3.63, 3.8) is 0 Å². The van der Waals surface area contributed by atoms with Gasteiger partial charge in [0.15, 0.2) is 0 Å². The van der Waals surface area contributed by atoms with Gasteiger partial charge in [-0.2, -0.15) is 0 Å². The fourth-order valence-corrected chi connectivity index (χ4v) is 2.86. The molecule has 0 saturated heterocycles. The summed E-state index contributed by atoms with van der Waals surface area (Å²) in [4.78, 5) is 25.6. The monoisotopic (exact) mass is 364 g/mol. The number of aryl methyl sites for hydroxylation is 1. The normalized spacial score (nSPS) is 10.3. The summed E-state index contributed by atoms with van der Waals surface area (Å²) >= 11 is 12.0. The number of nitrogens with one attached hydrogen (secondary N) is 1. The van der Waals surface area contributed by atoms with E-state index >= 15 is 0 Å². The Kier molecular flexibility index (Phi) is 6.23. The lowest BCUT2D eigenvalue weighted by atomic mass is 10.1. The molecule has 0 radical (unpaired) electrons. The molecule has 24 heavy (non-hydrogen) atoms. The first kappa shape index (κ1) is 18.3. The zero-order chi connectivity index (χ0) is 17.7. The fraction of sp³-hybridized carbons (Fsp3) is 0.222. The molecule has 2 rings (SSSR count). The highest BCUT2D eigenvalue weighted by Crippen LogP contribution is 2.28. The van der Waals surface area contributed by atoms with E-state index in [4.69, 9.17) is 23.2 Å². The minimum absolute atomic E-state index is 0.163. The Morgan fingerprint density at radius 1 is 1.12 bits per heavy atom. The smallest absolute Gasteiger partial charge is 0.251 e. The summed E-state index contributed by atoms with van der Waals surface area (Å²) in [5.41, 5.74) is 2.09. The molecule has 0 aliphatic carbocycles. The van der Waals surface area contributed by atoms with Crippen LogP contribution in [0.4, 0.5) is 5.69 Å². The first-order valence-corrected chi connectivity index (χ1v) is 8.22. The van der Waals surface area contributed by atoms with Crippen LogP contribution in [-0.2, 0) is 4.79 Å². The average Bonchev–Trinajstić information content (AvgIpc) is 2.52. The van der Waals surface area contributed by atoms with E-state index in [1.165, 1.54) is 11.8 Å². The molecular formula is C18H18Cl2N2O2. The van der Waals surface area contributed by atoms with E-state index in [2.05, 4.69) is 5.32 Å². The lowest BCUT2D eigenvalue weighted by Gasteiger charge is -2.22. The van der Waals surface area contributed by atoms with Gasteiger partial charge in [0.1, 0.15) is 0 Å². The first-order valence-electron chi connectivity index (χ1n) is 7.47. The van der Waals surface area contributed by atoms with Crippen molar-refractivity contribution in [1.82, 2.24) is 5.32 Å². The number of halogens is 2. The third kappa shape index (κ3) is 4.49. The number of amides is 2. The predicted molar refractivity (Wildman–Crippen MR) is 98.0 cm³/mol. The predicted octanol–water partition coefficient (Wildman–Crippen LogP) is 4.08. The van der Waals surface area contributed by atoms with Crippen molar-refractivity contribution in [3.8, 4) is 0 Å². The van der Waals surface area contributed by atoms with Gasteiger partial charge in [-0.3, -0.25) is 9.59 Å². The molecule has 0 unspecified atom stereocenters. The van der Waals surface area contributed by atoms with Gasteiger partial charge in [0.2, 0.25) is 5.91 Å². The number of anilines is 1. The maximum Gasteiger partial charge on any atom is 0.251 e. The molecule has 0 aromatic heterocycles. The molecule has 0 bridgehead atoms. The van der Waals surface area contributed by atoms with Crippen molar-refractivity contribution < 1.29 is 9.59 Å². The van der Waals surface area contributed by atoms with Crippen LogP contribution >= 0.6 is 23.2 Å². The lowest BCUT2D eigenvalue weighted by molar-refractivity contribution is -0.116. The zero-order valence-corrected chi connectivity index (χ0v) is 15.0. The molecule has 0 saturated carbocycles. The van der Waals surface area contributed by atoms with E-state index in [9.17, 15) is 9.59 Å². The summed E-state index contributed by atoms with van der Waals surface area (Å²) in [6.07, 6.45) is 0. The quantitative estimate of drug-likeness (QED) is 0.868. The molecule has 0 aliphatic rings. The molecule has 1 N–H and O–H groups in total. The highest BCUT2D eigenvalue weighted by molar-refractivity contribution is 6.36. The largest absolute Gasteiger partial charge is 0.350 e. The lowest BCUT2D eigenvalue weighted by Crippen LogP contribution is -2.37. The van der Waals surface area contributed by atoms with E-state index in [1.807, 2.05) is 25.1 Å². The molecule has 2 aromatic rings. The Balaban J connectivity index is 2.04. The Morgan fingerprint density at radius 2 is 1.83 bits per heavy atom. The van der Waals surface area contributed by atoms with Crippen LogP contribution in [0.2, 0.25) is 10.0 Å². The van der Waals surface area contributed by atoms with Crippen LogP contribution in [0.1, 0.15) is 22.8 Å². The number of carbonyl (C=O) groups is 2. The molecular weight excluding hydrogens is 347 g/mol. The number of carbonyl (C=O) groups excluding carboxylic acids is 2. The van der Waals surface area contributed by atoms with Crippen molar-refractivity contribution >= 4 is 40.7 Å². The highest BCUT2D eigenvalue weighted by Gasteiger charge is 2.15. The summed E-state index contributed by atoms with van der Waals surface area (Å²) in [5.74, 6) is -0.330. The van der Waals surface area contributed by atoms with Crippen molar-refractivity contribution in [2.45, 2.75) is 13.8 Å². The number of nitrogens with zero attached hydrogens (tertiary/aromatic N) is 1. The molecule has 0 fully saturated rings. The van der Waals surface area contributed by atoms with E-state index < -0.39 is 0 Å². The Hall–Kier alpha value is -2.04. The minimum Gasteiger partial charge on any atom is -0.350 e.